The van der Waals surface area contributed by atoms with Crippen LogP contribution in [-0.4, -0.2) is 73.7 Å². The van der Waals surface area contributed by atoms with Gasteiger partial charge in [0, 0.05) is 38.8 Å². The van der Waals surface area contributed by atoms with Gasteiger partial charge in [-0.25, -0.2) is 8.42 Å². The molecule has 0 unspecified atom stereocenters. The third-order valence-electron chi connectivity index (χ3n) is 6.84. The minimum atomic E-state index is -3.31. The van der Waals surface area contributed by atoms with Crippen LogP contribution in [0.2, 0.25) is 0 Å². The second kappa shape index (κ2) is 9.14. The van der Waals surface area contributed by atoms with Gasteiger partial charge >= 0.3 is 0 Å². The normalized spacial score (nSPS) is 26.8. The first-order chi connectivity index (χ1) is 14.0. The van der Waals surface area contributed by atoms with Crippen LogP contribution in [0, 0.1) is 5.92 Å². The molecule has 0 bridgehead atoms. The predicted molar refractivity (Wildman–Crippen MR) is 114 cm³/mol. The number of carbonyl (C=O) groups is 1. The monoisotopic (exact) mass is 419 g/mol. The molecule has 1 aromatic carbocycles. The molecule has 3 fully saturated rings. The molecule has 2 saturated heterocycles. The molecule has 3 aliphatic rings. The molecule has 7 heteroatoms. The first-order valence-electron chi connectivity index (χ1n) is 11.1. The third-order valence-corrected chi connectivity index (χ3v) is 8.69. The van der Waals surface area contributed by atoms with Crippen LogP contribution >= 0.6 is 0 Å². The molecule has 1 amide bonds. The van der Waals surface area contributed by atoms with Gasteiger partial charge in [0.1, 0.15) is 0 Å². The Kier molecular flexibility index (Phi) is 6.56. The number of benzene rings is 1. The number of carbonyl (C=O) groups excluding carboxylic acids is 1. The Morgan fingerprint density at radius 3 is 2.34 bits per heavy atom. The standard InChI is InChI=1S/C22H33N3O3S/c26-22(25-12-6-10-20-9-4-5-11-21(20)25)17-23-13-15-24(16-14-23)29(27,28)18-19-7-2-1-3-8-19/h1-3,7-8,20-21H,4-6,9-18H2/t20-,21-/m0/s1. The van der Waals surface area contributed by atoms with Gasteiger partial charge in [-0.2, -0.15) is 4.31 Å². The average molecular weight is 420 g/mol. The first kappa shape index (κ1) is 20.8. The molecule has 1 aromatic rings. The molecular formula is C22H33N3O3S. The molecule has 6 nitrogen and oxygen atoms in total. The zero-order valence-electron chi connectivity index (χ0n) is 17.2. The van der Waals surface area contributed by atoms with Crippen molar-refractivity contribution in [1.82, 2.24) is 14.1 Å². The maximum atomic E-state index is 13.0. The van der Waals surface area contributed by atoms with Gasteiger partial charge in [0.05, 0.1) is 12.3 Å². The largest absolute Gasteiger partial charge is 0.338 e. The maximum Gasteiger partial charge on any atom is 0.237 e. The Morgan fingerprint density at radius 1 is 0.897 bits per heavy atom. The van der Waals surface area contributed by atoms with E-state index in [4.69, 9.17) is 0 Å². The van der Waals surface area contributed by atoms with Crippen molar-refractivity contribution < 1.29 is 13.2 Å². The van der Waals surface area contributed by atoms with Gasteiger partial charge in [0.2, 0.25) is 15.9 Å². The van der Waals surface area contributed by atoms with Gasteiger partial charge in [-0.3, -0.25) is 9.69 Å². The highest BCUT2D eigenvalue weighted by molar-refractivity contribution is 7.88. The molecule has 0 radical (unpaired) electrons. The summed E-state index contributed by atoms with van der Waals surface area (Å²) in [5.41, 5.74) is 0.817. The summed E-state index contributed by atoms with van der Waals surface area (Å²) in [4.78, 5) is 17.3. The number of nitrogens with zero attached hydrogens (tertiary/aromatic N) is 3. The zero-order valence-corrected chi connectivity index (χ0v) is 18.0. The van der Waals surface area contributed by atoms with Crippen molar-refractivity contribution >= 4 is 15.9 Å². The molecule has 0 aromatic heterocycles. The van der Waals surface area contributed by atoms with Crippen LogP contribution in [0.3, 0.4) is 0 Å². The summed E-state index contributed by atoms with van der Waals surface area (Å²) in [6, 6.07) is 9.77. The van der Waals surface area contributed by atoms with E-state index in [1.807, 2.05) is 30.3 Å². The third kappa shape index (κ3) is 5.01. The number of amides is 1. The van der Waals surface area contributed by atoms with Crippen molar-refractivity contribution in [2.24, 2.45) is 5.92 Å². The lowest BCUT2D eigenvalue weighted by Crippen LogP contribution is -2.55. The smallest absolute Gasteiger partial charge is 0.237 e. The van der Waals surface area contributed by atoms with Crippen LogP contribution < -0.4 is 0 Å². The summed E-state index contributed by atoms with van der Waals surface area (Å²) in [5.74, 6) is 0.979. The molecule has 0 spiro atoms. The SMILES string of the molecule is O=C(CN1CCN(S(=O)(=O)Cc2ccccc2)CC1)N1CCC[C@@H]2CCCC[C@@H]21. The fourth-order valence-corrected chi connectivity index (χ4v) is 6.77. The predicted octanol–water partition coefficient (Wildman–Crippen LogP) is 2.32. The highest BCUT2D eigenvalue weighted by Gasteiger charge is 2.36. The van der Waals surface area contributed by atoms with Gasteiger partial charge in [-0.15, -0.1) is 0 Å². The van der Waals surface area contributed by atoms with Crippen LogP contribution in [0.1, 0.15) is 44.1 Å². The van der Waals surface area contributed by atoms with Crippen molar-refractivity contribution in [2.45, 2.75) is 50.3 Å². The zero-order chi connectivity index (χ0) is 20.3. The molecular weight excluding hydrogens is 386 g/mol. The van der Waals surface area contributed by atoms with E-state index in [9.17, 15) is 13.2 Å². The fourth-order valence-electron chi connectivity index (χ4n) is 5.26. The lowest BCUT2D eigenvalue weighted by molar-refractivity contribution is -0.139. The maximum absolute atomic E-state index is 13.0. The molecule has 2 aliphatic heterocycles. The molecule has 0 N–H and O–H groups in total. The quantitative estimate of drug-likeness (QED) is 0.735. The number of hydrogen-bond acceptors (Lipinski definition) is 4. The van der Waals surface area contributed by atoms with Crippen molar-refractivity contribution in [3.63, 3.8) is 0 Å². The topological polar surface area (TPSA) is 60.9 Å². The second-order valence-corrected chi connectivity index (χ2v) is 10.7. The minimum Gasteiger partial charge on any atom is -0.338 e. The Balaban J connectivity index is 1.29. The fraction of sp³-hybridized carbons (Fsp3) is 0.682. The van der Waals surface area contributed by atoms with Crippen molar-refractivity contribution in [2.75, 3.05) is 39.3 Å². The Labute approximate surface area is 174 Å². The molecule has 2 heterocycles. The van der Waals surface area contributed by atoms with Crippen LogP contribution in [0.5, 0.6) is 0 Å². The lowest BCUT2D eigenvalue weighted by Gasteiger charge is -2.45. The van der Waals surface area contributed by atoms with Crippen LogP contribution in [0.4, 0.5) is 0 Å². The number of sulfonamides is 1. The lowest BCUT2D eigenvalue weighted by atomic mass is 9.78. The Morgan fingerprint density at radius 2 is 1.59 bits per heavy atom. The van der Waals surface area contributed by atoms with Crippen molar-refractivity contribution in [3.05, 3.63) is 35.9 Å². The van der Waals surface area contributed by atoms with E-state index in [2.05, 4.69) is 9.80 Å². The average Bonchev–Trinajstić information content (AvgIpc) is 2.74. The Hall–Kier alpha value is -1.44. The summed E-state index contributed by atoms with van der Waals surface area (Å²) >= 11 is 0. The van der Waals surface area contributed by atoms with Crippen LogP contribution in [0.15, 0.2) is 30.3 Å². The number of rotatable bonds is 5. The molecule has 2 atom stereocenters. The second-order valence-electron chi connectivity index (χ2n) is 8.76. The van der Waals surface area contributed by atoms with Gasteiger partial charge < -0.3 is 4.90 Å². The van der Waals surface area contributed by atoms with E-state index in [-0.39, 0.29) is 11.7 Å². The Bertz CT molecular complexity index is 789. The van der Waals surface area contributed by atoms with E-state index >= 15 is 0 Å². The van der Waals surface area contributed by atoms with Gasteiger partial charge in [-0.05, 0) is 37.2 Å². The summed E-state index contributed by atoms with van der Waals surface area (Å²) in [5, 5.41) is 0. The van der Waals surface area contributed by atoms with Crippen molar-refractivity contribution in [1.29, 1.82) is 0 Å². The number of piperidine rings is 1. The summed E-state index contributed by atoms with van der Waals surface area (Å²) in [7, 11) is -3.31. The van der Waals surface area contributed by atoms with E-state index < -0.39 is 10.0 Å². The van der Waals surface area contributed by atoms with E-state index in [0.717, 1.165) is 24.9 Å². The summed E-state index contributed by atoms with van der Waals surface area (Å²) in [6.45, 7) is 3.51. The molecule has 4 rings (SSSR count). The highest BCUT2D eigenvalue weighted by atomic mass is 32.2. The van der Waals surface area contributed by atoms with Crippen LogP contribution in [0.25, 0.3) is 0 Å². The molecule has 1 saturated carbocycles. The van der Waals surface area contributed by atoms with Gasteiger partial charge in [-0.1, -0.05) is 43.2 Å². The summed E-state index contributed by atoms with van der Waals surface area (Å²) in [6.07, 6.45) is 7.37. The number of hydrogen-bond donors (Lipinski definition) is 0. The van der Waals surface area contributed by atoms with Crippen LogP contribution in [-0.2, 0) is 20.6 Å². The summed E-state index contributed by atoms with van der Waals surface area (Å²) < 4.78 is 27.0. The van der Waals surface area contributed by atoms with E-state index in [0.29, 0.717) is 44.7 Å². The van der Waals surface area contributed by atoms with Gasteiger partial charge in [0.15, 0.2) is 0 Å². The highest BCUT2D eigenvalue weighted by Crippen LogP contribution is 2.35. The molecule has 1 aliphatic carbocycles. The van der Waals surface area contributed by atoms with E-state index in [1.165, 1.54) is 25.7 Å². The number of likely N-dealkylation sites (tertiary alicyclic amines) is 1. The minimum absolute atomic E-state index is 0.0453. The van der Waals surface area contributed by atoms with Crippen molar-refractivity contribution in [3.8, 4) is 0 Å². The van der Waals surface area contributed by atoms with E-state index in [1.54, 1.807) is 4.31 Å². The molecule has 160 valence electrons. The van der Waals surface area contributed by atoms with Gasteiger partial charge in [0.25, 0.3) is 0 Å². The number of piperazine rings is 1. The molecule has 29 heavy (non-hydrogen) atoms. The number of fused-ring (bicyclic) bond motifs is 1. The first-order valence-corrected chi connectivity index (χ1v) is 12.7.